The summed E-state index contributed by atoms with van der Waals surface area (Å²) in [4.78, 5) is 14.3. The quantitative estimate of drug-likeness (QED) is 0.664. The molecule has 4 heteroatoms. The number of hydrogen-bond donors (Lipinski definition) is 1. The number of nitrogens with one attached hydrogen (secondary N) is 1. The van der Waals surface area contributed by atoms with E-state index in [2.05, 4.69) is 23.5 Å². The van der Waals surface area contributed by atoms with Gasteiger partial charge in [-0.2, -0.15) is 5.26 Å². The van der Waals surface area contributed by atoms with Crippen molar-refractivity contribution in [3.8, 4) is 6.07 Å². The molecule has 1 aromatic rings. The molecule has 0 bridgehead atoms. The van der Waals surface area contributed by atoms with Gasteiger partial charge in [0.2, 0.25) is 0 Å². The van der Waals surface area contributed by atoms with Crippen molar-refractivity contribution < 1.29 is 4.79 Å². The molecule has 4 nitrogen and oxygen atoms in total. The summed E-state index contributed by atoms with van der Waals surface area (Å²) in [6.45, 7) is 2.25. The van der Waals surface area contributed by atoms with Gasteiger partial charge in [0, 0.05) is 19.1 Å². The second kappa shape index (κ2) is 6.11. The molecule has 1 fully saturated rings. The van der Waals surface area contributed by atoms with Gasteiger partial charge in [-0.15, -0.1) is 0 Å². The van der Waals surface area contributed by atoms with E-state index < -0.39 is 0 Å². The van der Waals surface area contributed by atoms with Gasteiger partial charge >= 0.3 is 0 Å². The summed E-state index contributed by atoms with van der Waals surface area (Å²) in [6.07, 6.45) is 4.77. The van der Waals surface area contributed by atoms with E-state index in [0.717, 1.165) is 25.8 Å². The molecule has 3 rings (SSSR count). The number of carbonyl (C=O) groups excluding carboxylic acids is 1. The van der Waals surface area contributed by atoms with Crippen molar-refractivity contribution in [2.45, 2.75) is 31.8 Å². The first kappa shape index (κ1) is 13.8. The first-order chi connectivity index (χ1) is 10.3. The summed E-state index contributed by atoms with van der Waals surface area (Å²) in [6, 6.07) is 10.4. The fraction of sp³-hybridized carbons (Fsp3) is 0.412. The lowest BCUT2D eigenvalue weighted by atomic mass is 9.99. The highest BCUT2D eigenvalue weighted by Crippen LogP contribution is 2.20. The van der Waals surface area contributed by atoms with Crippen LogP contribution in [0.15, 0.2) is 35.9 Å². The molecule has 1 saturated heterocycles. The third-order valence-corrected chi connectivity index (χ3v) is 4.24. The number of nitrogens with zero attached hydrogens (tertiary/aromatic N) is 2. The Morgan fingerprint density at radius 2 is 2.19 bits per heavy atom. The molecule has 0 spiro atoms. The number of benzene rings is 1. The third-order valence-electron chi connectivity index (χ3n) is 4.24. The summed E-state index contributed by atoms with van der Waals surface area (Å²) in [5, 5.41) is 12.6. The minimum absolute atomic E-state index is 0.138. The highest BCUT2D eigenvalue weighted by molar-refractivity contribution is 5.97. The molecule has 21 heavy (non-hydrogen) atoms. The van der Waals surface area contributed by atoms with Crippen LogP contribution in [0.1, 0.15) is 24.0 Å². The van der Waals surface area contributed by atoms with Crippen molar-refractivity contribution >= 4 is 5.91 Å². The zero-order valence-electron chi connectivity index (χ0n) is 12.0. The monoisotopic (exact) mass is 281 g/mol. The highest BCUT2D eigenvalue weighted by Gasteiger charge is 2.24. The standard InChI is InChI=1S/C17H19N3O/c18-11-15(10-16-6-3-8-19-16)17(21)20-9-7-13-4-1-2-5-14(13)12-20/h1-2,4-5,10,16,19H,3,6-9,12H2/b15-10-. The van der Waals surface area contributed by atoms with Crippen molar-refractivity contribution in [2.75, 3.05) is 13.1 Å². The van der Waals surface area contributed by atoms with Crippen molar-refractivity contribution in [1.29, 1.82) is 5.26 Å². The Bertz CT molecular complexity index is 609. The molecule has 2 heterocycles. The van der Waals surface area contributed by atoms with E-state index in [4.69, 9.17) is 0 Å². The molecular weight excluding hydrogens is 262 g/mol. The fourth-order valence-electron chi connectivity index (χ4n) is 3.05. The van der Waals surface area contributed by atoms with Crippen molar-refractivity contribution in [3.05, 3.63) is 47.0 Å². The van der Waals surface area contributed by atoms with Crippen LogP contribution < -0.4 is 5.32 Å². The normalized spacial score (nSPS) is 21.8. The van der Waals surface area contributed by atoms with Crippen LogP contribution >= 0.6 is 0 Å². The molecule has 1 unspecified atom stereocenters. The molecule has 1 aromatic carbocycles. The second-order valence-corrected chi connectivity index (χ2v) is 5.64. The van der Waals surface area contributed by atoms with E-state index in [1.807, 2.05) is 12.1 Å². The maximum absolute atomic E-state index is 12.5. The van der Waals surface area contributed by atoms with Crippen molar-refractivity contribution in [1.82, 2.24) is 10.2 Å². The summed E-state index contributed by atoms with van der Waals surface area (Å²) < 4.78 is 0. The van der Waals surface area contributed by atoms with Gasteiger partial charge < -0.3 is 10.2 Å². The van der Waals surface area contributed by atoms with Gasteiger partial charge in [0.15, 0.2) is 0 Å². The van der Waals surface area contributed by atoms with E-state index in [9.17, 15) is 10.1 Å². The summed E-state index contributed by atoms with van der Waals surface area (Å²) in [5.74, 6) is -0.138. The Hall–Kier alpha value is -2.12. The topological polar surface area (TPSA) is 56.1 Å². The lowest BCUT2D eigenvalue weighted by Gasteiger charge is -2.28. The zero-order valence-corrected chi connectivity index (χ0v) is 12.0. The van der Waals surface area contributed by atoms with Crippen molar-refractivity contribution in [2.24, 2.45) is 0 Å². The number of rotatable bonds is 2. The zero-order chi connectivity index (χ0) is 14.7. The lowest BCUT2D eigenvalue weighted by molar-refractivity contribution is -0.127. The second-order valence-electron chi connectivity index (χ2n) is 5.64. The van der Waals surface area contributed by atoms with E-state index in [-0.39, 0.29) is 17.5 Å². The average molecular weight is 281 g/mol. The van der Waals surface area contributed by atoms with Gasteiger partial charge in [-0.3, -0.25) is 4.79 Å². The van der Waals surface area contributed by atoms with E-state index in [1.54, 1.807) is 11.0 Å². The van der Waals surface area contributed by atoms with Gasteiger partial charge in [0.25, 0.3) is 5.91 Å². The van der Waals surface area contributed by atoms with Gasteiger partial charge in [-0.05, 0) is 43.0 Å². The van der Waals surface area contributed by atoms with Crippen LogP contribution in [0.25, 0.3) is 0 Å². The third kappa shape index (κ3) is 2.98. The van der Waals surface area contributed by atoms with Crippen molar-refractivity contribution in [3.63, 3.8) is 0 Å². The molecule has 0 saturated carbocycles. The SMILES string of the molecule is N#C/C(=C/C1CCCN1)C(=O)N1CCc2ccccc2C1. The number of fused-ring (bicyclic) bond motifs is 1. The highest BCUT2D eigenvalue weighted by atomic mass is 16.2. The minimum Gasteiger partial charge on any atom is -0.333 e. The number of carbonyl (C=O) groups is 1. The maximum atomic E-state index is 12.5. The molecule has 0 aromatic heterocycles. The summed E-state index contributed by atoms with van der Waals surface area (Å²) >= 11 is 0. The number of hydrogen-bond acceptors (Lipinski definition) is 3. The number of nitriles is 1. The number of amides is 1. The average Bonchev–Trinajstić information content (AvgIpc) is 3.04. The molecule has 1 amide bonds. The van der Waals surface area contributed by atoms with Crippen LogP contribution in [0.2, 0.25) is 0 Å². The predicted octanol–water partition coefficient (Wildman–Crippen LogP) is 1.77. The van der Waals surface area contributed by atoms with E-state index in [1.165, 1.54) is 11.1 Å². The predicted molar refractivity (Wildman–Crippen MR) is 80.3 cm³/mol. The van der Waals surface area contributed by atoms with Crippen LogP contribution in [0, 0.1) is 11.3 Å². The molecule has 2 aliphatic rings. The smallest absolute Gasteiger partial charge is 0.264 e. The minimum atomic E-state index is -0.138. The van der Waals surface area contributed by atoms with E-state index in [0.29, 0.717) is 13.1 Å². The van der Waals surface area contributed by atoms with Gasteiger partial charge in [0.1, 0.15) is 11.6 Å². The Morgan fingerprint density at radius 3 is 2.90 bits per heavy atom. The molecule has 1 atom stereocenters. The molecular formula is C17H19N3O. The molecule has 0 aliphatic carbocycles. The molecule has 108 valence electrons. The van der Waals surface area contributed by atoms with Gasteiger partial charge in [-0.1, -0.05) is 24.3 Å². The molecule has 1 N–H and O–H groups in total. The van der Waals surface area contributed by atoms with Crippen LogP contribution in [0.3, 0.4) is 0 Å². The lowest BCUT2D eigenvalue weighted by Crippen LogP contribution is -2.37. The fourth-order valence-corrected chi connectivity index (χ4v) is 3.05. The van der Waals surface area contributed by atoms with Crippen LogP contribution in [-0.4, -0.2) is 29.9 Å². The summed E-state index contributed by atoms with van der Waals surface area (Å²) in [7, 11) is 0. The van der Waals surface area contributed by atoms with Gasteiger partial charge in [-0.25, -0.2) is 0 Å². The summed E-state index contributed by atoms with van der Waals surface area (Å²) in [5.41, 5.74) is 2.77. The van der Waals surface area contributed by atoms with E-state index >= 15 is 0 Å². The Balaban J connectivity index is 1.74. The molecule has 0 radical (unpaired) electrons. The van der Waals surface area contributed by atoms with Crippen LogP contribution in [-0.2, 0) is 17.8 Å². The van der Waals surface area contributed by atoms with Crippen LogP contribution in [0.5, 0.6) is 0 Å². The Labute approximate surface area is 125 Å². The Kier molecular flexibility index (Phi) is 4.03. The Morgan fingerprint density at radius 1 is 1.38 bits per heavy atom. The van der Waals surface area contributed by atoms with Crippen LogP contribution in [0.4, 0.5) is 0 Å². The first-order valence-corrected chi connectivity index (χ1v) is 7.49. The maximum Gasteiger partial charge on any atom is 0.264 e. The van der Waals surface area contributed by atoms with Gasteiger partial charge in [0.05, 0.1) is 0 Å². The molecule has 2 aliphatic heterocycles. The largest absolute Gasteiger partial charge is 0.333 e. The first-order valence-electron chi connectivity index (χ1n) is 7.49.